The Balaban J connectivity index is 1.84. The number of aromatic amines is 1. The van der Waals surface area contributed by atoms with E-state index < -0.39 is 11.2 Å². The number of nitriles is 1. The molecule has 1 heterocycles. The Kier molecular flexibility index (Phi) is 5.27. The minimum Gasteiger partial charge on any atom is -0.490 e. The predicted molar refractivity (Wildman–Crippen MR) is 103 cm³/mol. The number of H-pyrrole nitrogens is 1. The van der Waals surface area contributed by atoms with Gasteiger partial charge in [-0.3, -0.25) is 4.79 Å². The molecule has 1 N–H and O–H groups in total. The largest absolute Gasteiger partial charge is 0.490 e. The number of pyridine rings is 1. The van der Waals surface area contributed by atoms with Crippen molar-refractivity contribution in [2.45, 2.75) is 32.1 Å². The van der Waals surface area contributed by atoms with Gasteiger partial charge in [0, 0.05) is 17.5 Å². The number of benzene rings is 2. The van der Waals surface area contributed by atoms with Crippen LogP contribution in [0.1, 0.15) is 31.4 Å². The third kappa shape index (κ3) is 3.85. The molecule has 138 valence electrons. The molecule has 4 nitrogen and oxygen atoms in total. The highest BCUT2D eigenvalue weighted by molar-refractivity contribution is 5.80. The summed E-state index contributed by atoms with van der Waals surface area (Å²) >= 11 is 0. The van der Waals surface area contributed by atoms with Gasteiger partial charge in [0.05, 0.1) is 18.1 Å². The van der Waals surface area contributed by atoms with Crippen molar-refractivity contribution in [1.82, 2.24) is 4.98 Å². The molecular formula is C22H21FN2O2. The first kappa shape index (κ1) is 18.7. The SMILES string of the molecule is CCc1cc2ccc(C(C)(C#N)CCOc3ccccc3F)cc2[nH]c1=O. The lowest BCUT2D eigenvalue weighted by Gasteiger charge is -2.22. The fraction of sp³-hybridized carbons (Fsp3) is 0.273. The van der Waals surface area contributed by atoms with Crippen molar-refractivity contribution in [3.05, 3.63) is 75.8 Å². The molecule has 0 spiro atoms. The quantitative estimate of drug-likeness (QED) is 0.701. The fourth-order valence-electron chi connectivity index (χ4n) is 3.04. The summed E-state index contributed by atoms with van der Waals surface area (Å²) in [5, 5.41) is 10.7. The minimum absolute atomic E-state index is 0.108. The zero-order chi connectivity index (χ0) is 19.4. The highest BCUT2D eigenvalue weighted by atomic mass is 19.1. The monoisotopic (exact) mass is 364 g/mol. The van der Waals surface area contributed by atoms with E-state index in [0.717, 1.165) is 16.5 Å². The van der Waals surface area contributed by atoms with E-state index in [0.29, 0.717) is 18.4 Å². The van der Waals surface area contributed by atoms with Gasteiger partial charge < -0.3 is 9.72 Å². The van der Waals surface area contributed by atoms with Crippen LogP contribution in [0.5, 0.6) is 5.75 Å². The van der Waals surface area contributed by atoms with Crippen LogP contribution in [0.15, 0.2) is 53.3 Å². The van der Waals surface area contributed by atoms with Crippen molar-refractivity contribution in [2.75, 3.05) is 6.61 Å². The molecule has 1 aromatic heterocycles. The molecule has 0 saturated heterocycles. The van der Waals surface area contributed by atoms with E-state index in [9.17, 15) is 14.4 Å². The summed E-state index contributed by atoms with van der Waals surface area (Å²) in [6.45, 7) is 3.96. The number of nitrogens with one attached hydrogen (secondary N) is 1. The van der Waals surface area contributed by atoms with Crippen molar-refractivity contribution >= 4 is 10.9 Å². The van der Waals surface area contributed by atoms with Crippen LogP contribution in [-0.4, -0.2) is 11.6 Å². The molecule has 1 unspecified atom stereocenters. The van der Waals surface area contributed by atoms with Crippen LogP contribution in [0.25, 0.3) is 10.9 Å². The molecule has 5 heteroatoms. The van der Waals surface area contributed by atoms with E-state index in [1.165, 1.54) is 6.07 Å². The van der Waals surface area contributed by atoms with E-state index in [-0.39, 0.29) is 17.9 Å². The zero-order valence-electron chi connectivity index (χ0n) is 15.4. The number of halogens is 1. The molecule has 0 amide bonds. The highest BCUT2D eigenvalue weighted by Crippen LogP contribution is 2.29. The first-order chi connectivity index (χ1) is 13.0. The van der Waals surface area contributed by atoms with E-state index in [1.54, 1.807) is 18.2 Å². The van der Waals surface area contributed by atoms with Gasteiger partial charge in [-0.05, 0) is 48.6 Å². The molecular weight excluding hydrogens is 343 g/mol. The van der Waals surface area contributed by atoms with Crippen molar-refractivity contribution in [3.8, 4) is 11.8 Å². The number of fused-ring (bicyclic) bond motifs is 1. The summed E-state index contributed by atoms with van der Waals surface area (Å²) in [5.41, 5.74) is 1.29. The van der Waals surface area contributed by atoms with E-state index >= 15 is 0 Å². The number of nitrogens with zero attached hydrogens (tertiary/aromatic N) is 1. The van der Waals surface area contributed by atoms with Gasteiger partial charge in [-0.2, -0.15) is 5.26 Å². The summed E-state index contributed by atoms with van der Waals surface area (Å²) in [6.07, 6.45) is 1.05. The van der Waals surface area contributed by atoms with Gasteiger partial charge in [-0.15, -0.1) is 0 Å². The van der Waals surface area contributed by atoms with Gasteiger partial charge in [0.15, 0.2) is 11.6 Å². The minimum atomic E-state index is -0.820. The van der Waals surface area contributed by atoms with Crippen LogP contribution < -0.4 is 10.3 Å². The second-order valence-corrected chi connectivity index (χ2v) is 6.75. The molecule has 2 aromatic carbocycles. The van der Waals surface area contributed by atoms with Gasteiger partial charge in [0.2, 0.25) is 0 Å². The number of aromatic nitrogens is 1. The van der Waals surface area contributed by atoms with Gasteiger partial charge in [-0.25, -0.2) is 4.39 Å². The molecule has 0 aliphatic heterocycles. The first-order valence-corrected chi connectivity index (χ1v) is 8.92. The average molecular weight is 364 g/mol. The normalized spacial score (nSPS) is 13.1. The van der Waals surface area contributed by atoms with Gasteiger partial charge >= 0.3 is 0 Å². The van der Waals surface area contributed by atoms with Crippen molar-refractivity contribution in [3.63, 3.8) is 0 Å². The van der Waals surface area contributed by atoms with Crippen LogP contribution in [-0.2, 0) is 11.8 Å². The molecule has 0 aliphatic rings. The van der Waals surface area contributed by atoms with Crippen LogP contribution in [0.3, 0.4) is 0 Å². The van der Waals surface area contributed by atoms with Crippen molar-refractivity contribution < 1.29 is 9.13 Å². The highest BCUT2D eigenvalue weighted by Gasteiger charge is 2.27. The molecule has 0 bridgehead atoms. The van der Waals surface area contributed by atoms with Crippen LogP contribution >= 0.6 is 0 Å². The maximum absolute atomic E-state index is 13.7. The van der Waals surface area contributed by atoms with Crippen LogP contribution in [0.4, 0.5) is 4.39 Å². The lowest BCUT2D eigenvalue weighted by Crippen LogP contribution is -2.23. The summed E-state index contributed by atoms with van der Waals surface area (Å²) in [5.74, 6) is -0.251. The Labute approximate surface area is 157 Å². The van der Waals surface area contributed by atoms with Gasteiger partial charge in [-0.1, -0.05) is 31.2 Å². The molecule has 0 radical (unpaired) electrons. The summed E-state index contributed by atoms with van der Waals surface area (Å²) in [6, 6.07) is 16.0. The maximum Gasteiger partial charge on any atom is 0.251 e. The van der Waals surface area contributed by atoms with Gasteiger partial charge in [0.25, 0.3) is 5.56 Å². The Morgan fingerprint density at radius 2 is 2.00 bits per heavy atom. The number of aryl methyl sites for hydroxylation is 1. The Bertz CT molecular complexity index is 1070. The molecule has 27 heavy (non-hydrogen) atoms. The van der Waals surface area contributed by atoms with Crippen LogP contribution in [0.2, 0.25) is 0 Å². The average Bonchev–Trinajstić information content (AvgIpc) is 2.68. The van der Waals surface area contributed by atoms with Crippen molar-refractivity contribution in [2.24, 2.45) is 0 Å². The lowest BCUT2D eigenvalue weighted by molar-refractivity contribution is 0.273. The number of hydrogen-bond acceptors (Lipinski definition) is 3. The van der Waals surface area contributed by atoms with Crippen molar-refractivity contribution in [1.29, 1.82) is 5.26 Å². The van der Waals surface area contributed by atoms with E-state index in [1.807, 2.05) is 38.1 Å². The maximum atomic E-state index is 13.7. The van der Waals surface area contributed by atoms with Gasteiger partial charge in [0.1, 0.15) is 0 Å². The molecule has 3 rings (SSSR count). The molecule has 0 aliphatic carbocycles. The van der Waals surface area contributed by atoms with E-state index in [4.69, 9.17) is 4.74 Å². The molecule has 1 atom stereocenters. The molecule has 0 saturated carbocycles. The standard InChI is InChI=1S/C22H21FN2O2/c1-3-15-12-16-8-9-17(13-19(16)25-21(15)26)22(2,14-24)10-11-27-20-7-5-4-6-18(20)23/h4-9,12-13H,3,10-11H2,1-2H3,(H,25,26). The smallest absolute Gasteiger partial charge is 0.251 e. The second kappa shape index (κ2) is 7.63. The fourth-order valence-corrected chi connectivity index (χ4v) is 3.04. The molecule has 3 aromatic rings. The number of rotatable bonds is 6. The topological polar surface area (TPSA) is 65.9 Å². The Morgan fingerprint density at radius 3 is 2.70 bits per heavy atom. The zero-order valence-corrected chi connectivity index (χ0v) is 15.4. The third-order valence-corrected chi connectivity index (χ3v) is 4.88. The number of para-hydroxylation sites is 1. The lowest BCUT2D eigenvalue weighted by atomic mass is 9.81. The van der Waals surface area contributed by atoms with E-state index in [2.05, 4.69) is 11.1 Å². The first-order valence-electron chi connectivity index (χ1n) is 8.92. The predicted octanol–water partition coefficient (Wildman–Crippen LogP) is 4.48. The second-order valence-electron chi connectivity index (χ2n) is 6.75. The summed E-state index contributed by atoms with van der Waals surface area (Å²) < 4.78 is 19.2. The Hall–Kier alpha value is -3.13. The number of hydrogen-bond donors (Lipinski definition) is 1. The number of ether oxygens (including phenoxy) is 1. The molecule has 0 fully saturated rings. The Morgan fingerprint density at radius 1 is 1.22 bits per heavy atom. The van der Waals surface area contributed by atoms with Crippen LogP contribution in [0, 0.1) is 17.1 Å². The summed E-state index contributed by atoms with van der Waals surface area (Å²) in [4.78, 5) is 15.0. The summed E-state index contributed by atoms with van der Waals surface area (Å²) in [7, 11) is 0. The third-order valence-electron chi connectivity index (χ3n) is 4.88.